The van der Waals surface area contributed by atoms with Crippen LogP contribution < -0.4 is 25.7 Å². The number of nitrogens with one attached hydrogen (secondary N) is 2. The molecule has 1 unspecified atom stereocenters. The first kappa shape index (κ1) is 67.8. The van der Waals surface area contributed by atoms with E-state index in [1.165, 1.54) is 46.1 Å². The Labute approximate surface area is 508 Å². The van der Waals surface area contributed by atoms with Crippen LogP contribution in [0.15, 0.2) is 57.5 Å². The number of hydrogen-bond acceptors (Lipinski definition) is 21. The predicted molar refractivity (Wildman–Crippen MR) is 322 cm³/mol. The molecule has 10 atom stereocenters. The Morgan fingerprint density at radius 3 is 2.22 bits per heavy atom. The maximum absolute atomic E-state index is 15.1. The van der Waals surface area contributed by atoms with Crippen molar-refractivity contribution in [1.29, 1.82) is 0 Å². The van der Waals surface area contributed by atoms with Gasteiger partial charge in [0, 0.05) is 118 Å². The van der Waals surface area contributed by atoms with Crippen LogP contribution in [0.1, 0.15) is 117 Å². The lowest BCUT2D eigenvalue weighted by Gasteiger charge is -2.38. The number of Topliss-reactive ketones (excluding diaryl/α,β-unsaturated/α-hetero) is 1. The van der Waals surface area contributed by atoms with E-state index in [1.54, 1.807) is 58.9 Å². The van der Waals surface area contributed by atoms with Crippen molar-refractivity contribution in [3.63, 3.8) is 0 Å². The fourth-order valence-electron chi connectivity index (χ4n) is 11.3. The Kier molecular flexibility index (Phi) is 21.7. The standard InChI is InChI=1S/C62H80N5O20P/c1-31(2)29-66-21-23-67(24-22-66)40-27-41(70)50-42(28-40)85-59-51(64-50)47-48-54(75)38(9)58-49(47)60(77)62(11,87-58)83-26-20-32(3)35(6)57(84-39(10)69)37(8)53(74)36(7)56(33(4)15-12-16-34(5)61(78)65-52(59)55(48)76)86-46(73)19-14-25-82-45(72)18-13-17-43(71)63-44(30-68)88(79,80)81/h12,15-16,20,26-28,30-33,35-37,44,53,56-57,70,74-75H,13-14,17-19,21-25,29H2,1-11H3,(H,63,71)(H,65,78)(H2,79,80,81)/b15-12+,26-20+,34-16-/t32-,33-,35+,36-,37+,44?,53+,56-,57+,62-/m0/s1. The van der Waals surface area contributed by atoms with Crippen LogP contribution >= 0.6 is 7.60 Å². The summed E-state index contributed by atoms with van der Waals surface area (Å²) in [6.45, 7) is 21.9. The summed E-state index contributed by atoms with van der Waals surface area (Å²) in [5.41, 5.74) is -1.11. The van der Waals surface area contributed by atoms with Crippen LogP contribution in [0.25, 0.3) is 33.3 Å². The van der Waals surface area contributed by atoms with Crippen LogP contribution in [0.3, 0.4) is 0 Å². The van der Waals surface area contributed by atoms with Gasteiger partial charge in [-0.15, -0.1) is 0 Å². The molecule has 7 N–H and O–H groups in total. The molecule has 0 spiro atoms. The largest absolute Gasteiger partial charge is 0.507 e. The molecule has 8 rings (SSSR count). The topological polar surface area (TPSA) is 358 Å². The van der Waals surface area contributed by atoms with Gasteiger partial charge in [-0.3, -0.25) is 43.0 Å². The number of aromatic hydroxyl groups is 2. The number of amides is 2. The summed E-state index contributed by atoms with van der Waals surface area (Å²) in [6, 6.07) is 3.22. The van der Waals surface area contributed by atoms with E-state index in [-0.39, 0.29) is 101 Å². The molecule has 88 heavy (non-hydrogen) atoms. The van der Waals surface area contributed by atoms with E-state index in [0.717, 1.165) is 19.6 Å². The fraction of sp³-hybridized carbons (Fsp3) is 0.532. The van der Waals surface area contributed by atoms with Gasteiger partial charge in [0.2, 0.25) is 11.3 Å². The van der Waals surface area contributed by atoms with Crippen LogP contribution in [0.5, 0.6) is 17.2 Å². The third-order valence-corrected chi connectivity index (χ3v) is 17.5. The van der Waals surface area contributed by atoms with Gasteiger partial charge in [0.05, 0.1) is 29.9 Å². The van der Waals surface area contributed by atoms with E-state index >= 15 is 4.79 Å². The number of rotatable bonds is 16. The summed E-state index contributed by atoms with van der Waals surface area (Å²) in [7, 11) is -4.93. The smallest absolute Gasteiger partial charge is 0.355 e. The second kappa shape index (κ2) is 28.2. The number of esters is 3. The third kappa shape index (κ3) is 15.2. The van der Waals surface area contributed by atoms with E-state index in [9.17, 15) is 63.2 Å². The van der Waals surface area contributed by atoms with E-state index in [1.807, 2.05) is 5.32 Å². The van der Waals surface area contributed by atoms with Crippen LogP contribution in [0, 0.1) is 42.4 Å². The van der Waals surface area contributed by atoms with Gasteiger partial charge >= 0.3 is 31.3 Å². The van der Waals surface area contributed by atoms with Crippen molar-refractivity contribution < 1.29 is 91.3 Å². The van der Waals surface area contributed by atoms with Gasteiger partial charge in [-0.05, 0) is 50.5 Å². The molecule has 1 fully saturated rings. The number of hydrogen-bond donors (Lipinski definition) is 7. The number of aromatic nitrogens is 1. The molecule has 2 amide bonds. The van der Waals surface area contributed by atoms with Crippen molar-refractivity contribution in [1.82, 2.24) is 15.2 Å². The molecule has 25 nitrogen and oxygen atoms in total. The number of allylic oxidation sites excluding steroid dienone is 3. The van der Waals surface area contributed by atoms with Gasteiger partial charge in [-0.1, -0.05) is 66.7 Å². The summed E-state index contributed by atoms with van der Waals surface area (Å²) in [4.78, 5) is 134. The van der Waals surface area contributed by atoms with Gasteiger partial charge in [0.25, 0.3) is 11.7 Å². The number of aliphatic hydroxyl groups is 1. The summed E-state index contributed by atoms with van der Waals surface area (Å²) >= 11 is 0. The van der Waals surface area contributed by atoms with Gasteiger partial charge < -0.3 is 73.5 Å². The van der Waals surface area contributed by atoms with Crippen molar-refractivity contribution in [2.45, 2.75) is 138 Å². The number of phenolic OH excluding ortho intramolecular Hbond substituents is 2. The first-order valence-electron chi connectivity index (χ1n) is 29.4. The molecule has 5 aliphatic heterocycles. The lowest BCUT2D eigenvalue weighted by molar-refractivity contribution is -0.164. The Bertz CT molecular complexity index is 3510. The zero-order valence-corrected chi connectivity index (χ0v) is 52.2. The van der Waals surface area contributed by atoms with Gasteiger partial charge in [-0.25, -0.2) is 4.98 Å². The molecule has 2 aromatic rings. The molecule has 1 saturated heterocycles. The number of aldehydes is 1. The van der Waals surface area contributed by atoms with E-state index < -0.39 is 125 Å². The number of carbonyl (C=O) groups is 7. The Morgan fingerprint density at radius 1 is 0.898 bits per heavy atom. The average Bonchev–Trinajstić information content (AvgIpc) is 1.38. The highest BCUT2D eigenvalue weighted by molar-refractivity contribution is 7.53. The molecule has 0 saturated carbocycles. The third-order valence-electron chi connectivity index (χ3n) is 16.5. The summed E-state index contributed by atoms with van der Waals surface area (Å²) < 4.78 is 47.6. The van der Waals surface area contributed by atoms with Crippen molar-refractivity contribution in [2.75, 3.05) is 49.5 Å². The lowest BCUT2D eigenvalue weighted by atomic mass is 9.77. The molecule has 26 heteroatoms. The zero-order valence-electron chi connectivity index (χ0n) is 51.3. The number of carbonyl (C=O) groups excluding carboxylic acids is 7. The highest BCUT2D eigenvalue weighted by atomic mass is 31.2. The highest BCUT2D eigenvalue weighted by Gasteiger charge is 2.50. The maximum atomic E-state index is 15.1. The van der Waals surface area contributed by atoms with E-state index in [0.29, 0.717) is 24.7 Å². The second-order valence-electron chi connectivity index (χ2n) is 23.8. The zero-order chi connectivity index (χ0) is 64.9. The maximum Gasteiger partial charge on any atom is 0.355 e. The van der Waals surface area contributed by atoms with Crippen LogP contribution in [0.4, 0.5) is 11.4 Å². The molecule has 5 bridgehead atoms. The fourth-order valence-corrected chi connectivity index (χ4v) is 11.8. The van der Waals surface area contributed by atoms with Crippen molar-refractivity contribution in [3.05, 3.63) is 69.6 Å². The van der Waals surface area contributed by atoms with Crippen LogP contribution in [-0.4, -0.2) is 146 Å². The van der Waals surface area contributed by atoms with Gasteiger partial charge in [0.1, 0.15) is 46.4 Å². The molecular formula is C62H80N5O20P. The molecule has 0 aromatic heterocycles. The minimum Gasteiger partial charge on any atom is -0.507 e. The van der Waals surface area contributed by atoms with Crippen LogP contribution in [0.2, 0.25) is 0 Å². The second-order valence-corrected chi connectivity index (χ2v) is 25.5. The summed E-state index contributed by atoms with van der Waals surface area (Å²) in [5, 5.41) is 39.9. The van der Waals surface area contributed by atoms with E-state index in [4.69, 9.17) is 33.1 Å². The summed E-state index contributed by atoms with van der Waals surface area (Å²) in [5.74, 6) is -12.9. The number of aliphatic hydroxyl groups excluding tert-OH is 1. The molecule has 1 aliphatic carbocycles. The Hall–Kier alpha value is -7.70. The summed E-state index contributed by atoms with van der Waals surface area (Å²) in [6.07, 6.45) is 3.06. The predicted octanol–water partition coefficient (Wildman–Crippen LogP) is 6.92. The van der Waals surface area contributed by atoms with Gasteiger partial charge in [-0.2, -0.15) is 0 Å². The van der Waals surface area contributed by atoms with Gasteiger partial charge in [0.15, 0.2) is 23.4 Å². The number of phenols is 2. The van der Waals surface area contributed by atoms with Crippen LogP contribution in [-0.2, 0) is 52.3 Å². The van der Waals surface area contributed by atoms with Crippen molar-refractivity contribution in [2.24, 2.45) is 35.5 Å². The number of ether oxygens (including phenoxy) is 5. The Morgan fingerprint density at radius 2 is 1.57 bits per heavy atom. The number of fused-ring (bicyclic) bond motifs is 14. The number of nitrogens with zero attached hydrogens (tertiary/aromatic N) is 3. The quantitative estimate of drug-likeness (QED) is 0.0114. The van der Waals surface area contributed by atoms with E-state index in [2.05, 4.69) is 29.0 Å². The average molecular weight is 1250 g/mol. The first-order chi connectivity index (χ1) is 41.4. The van der Waals surface area contributed by atoms with Crippen molar-refractivity contribution >= 4 is 82.6 Å². The lowest BCUT2D eigenvalue weighted by Crippen LogP contribution is -2.47. The monoisotopic (exact) mass is 1250 g/mol. The number of benzene rings is 3. The molecule has 478 valence electrons. The molecule has 2 aromatic carbocycles. The normalized spacial score (nSPS) is 25.8. The molecular weight excluding hydrogens is 1170 g/mol. The molecule has 6 aliphatic rings. The first-order valence-corrected chi connectivity index (χ1v) is 31.1. The molecule has 0 radical (unpaired) electrons. The minimum atomic E-state index is -4.93. The van der Waals surface area contributed by atoms with Crippen molar-refractivity contribution in [3.8, 4) is 28.7 Å². The number of anilines is 2. The number of ketones is 1. The highest BCUT2D eigenvalue weighted by Crippen LogP contribution is 2.51. The minimum absolute atomic E-state index is 0.00428. The Balaban J connectivity index is 1.24. The SMILES string of the molecule is CC(=O)O[C@H]1[C@H](C)[C@H](O)[C@H](C)[C@@H](OC(=O)CCCOC(=O)CCCC(=O)NC(C=O)P(=O)(O)O)[C@@H](C)/C=C/C=C(/C)C(=O)Nc2c3oc4cc(N5CCN(CC(C)C)CC5)cc(O)c4nc-3c3c4c(c(C)c(O)c3c2=O)O[C@](C)(O/C=C/[C@H](C)[C@H]1C)C4=O. The number of piperazine rings is 1. The molecule has 5 heterocycles.